The Hall–Kier alpha value is -1.79. The van der Waals surface area contributed by atoms with E-state index in [4.69, 9.17) is 23.2 Å². The second-order valence-corrected chi connectivity index (χ2v) is 7.88. The molecule has 2 aromatic rings. The molecule has 0 aliphatic heterocycles. The van der Waals surface area contributed by atoms with Gasteiger partial charge in [0, 0.05) is 12.3 Å². The van der Waals surface area contributed by atoms with Gasteiger partial charge in [-0.25, -0.2) is 18.0 Å². The number of hydrogen-bond donors (Lipinski definition) is 0. The average Bonchev–Trinajstić information content (AvgIpc) is 2.44. The van der Waals surface area contributed by atoms with Crippen molar-refractivity contribution in [2.24, 2.45) is 0 Å². The summed E-state index contributed by atoms with van der Waals surface area (Å²) in [7, 11) is -4.55. The van der Waals surface area contributed by atoms with E-state index in [-0.39, 0.29) is 10.6 Å². The van der Waals surface area contributed by atoms with E-state index in [1.54, 1.807) is 0 Å². The maximum atomic E-state index is 12.8. The van der Waals surface area contributed by atoms with E-state index in [0.29, 0.717) is 18.4 Å². The van der Waals surface area contributed by atoms with Crippen molar-refractivity contribution < 1.29 is 34.8 Å². The van der Waals surface area contributed by atoms with E-state index >= 15 is 0 Å². The normalized spacial score (nSPS) is 13.1. The highest BCUT2D eigenvalue weighted by Crippen LogP contribution is 2.38. The molecule has 27 heavy (non-hydrogen) atoms. The highest BCUT2D eigenvalue weighted by Gasteiger charge is 2.37. The summed E-state index contributed by atoms with van der Waals surface area (Å²) in [5.41, 5.74) is -5.42. The third kappa shape index (κ3) is 4.38. The zero-order chi connectivity index (χ0) is 20.9. The molecule has 0 bridgehead atoms. The Morgan fingerprint density at radius 2 is 1.44 bits per heavy atom. The highest BCUT2D eigenvalue weighted by atomic mass is 35.5. The number of sulfone groups is 1. The van der Waals surface area contributed by atoms with Crippen LogP contribution in [0.5, 0.6) is 0 Å². The molecule has 148 valence electrons. The van der Waals surface area contributed by atoms with E-state index < -0.39 is 59.9 Å². The Morgan fingerprint density at radius 1 is 0.963 bits per heavy atom. The van der Waals surface area contributed by atoms with Crippen LogP contribution in [0.25, 0.3) is 5.69 Å². The topological polar surface area (TPSA) is 69.0 Å². The first-order valence-electron chi connectivity index (χ1n) is 6.51. The summed E-state index contributed by atoms with van der Waals surface area (Å²) in [6.07, 6.45) is -9.56. The van der Waals surface area contributed by atoms with Gasteiger partial charge in [-0.15, -0.1) is 0 Å². The molecule has 1 heterocycles. The van der Waals surface area contributed by atoms with Crippen LogP contribution in [-0.2, 0) is 22.2 Å². The molecule has 2 rings (SSSR count). The van der Waals surface area contributed by atoms with Crippen LogP contribution in [0.15, 0.2) is 28.2 Å². The van der Waals surface area contributed by atoms with Crippen LogP contribution in [0.2, 0.25) is 10.0 Å². The van der Waals surface area contributed by atoms with Crippen LogP contribution in [0, 0.1) is 0 Å². The van der Waals surface area contributed by atoms with Gasteiger partial charge in [-0.2, -0.15) is 26.3 Å². The third-order valence-corrected chi connectivity index (χ3v) is 4.59. The maximum absolute atomic E-state index is 12.8. The van der Waals surface area contributed by atoms with Crippen molar-refractivity contribution in [3.63, 3.8) is 0 Å². The summed E-state index contributed by atoms with van der Waals surface area (Å²) >= 11 is 11.4. The Labute approximate surface area is 157 Å². The minimum Gasteiger partial charge on any atom is -0.269 e. The highest BCUT2D eigenvalue weighted by molar-refractivity contribution is 7.90. The van der Waals surface area contributed by atoms with Crippen molar-refractivity contribution in [1.82, 2.24) is 9.55 Å². The van der Waals surface area contributed by atoms with Crippen LogP contribution < -0.4 is 5.56 Å². The molecule has 0 saturated carbocycles. The van der Waals surface area contributed by atoms with Gasteiger partial charge in [-0.05, 0) is 12.1 Å². The molecule has 1 aromatic carbocycles. The number of hydrogen-bond acceptors (Lipinski definition) is 4. The zero-order valence-electron chi connectivity index (χ0n) is 12.8. The predicted octanol–water partition coefficient (Wildman–Crippen LogP) is 3.98. The fourth-order valence-corrected chi connectivity index (χ4v) is 3.44. The Morgan fingerprint density at radius 3 is 1.81 bits per heavy atom. The van der Waals surface area contributed by atoms with E-state index in [9.17, 15) is 39.6 Å². The quantitative estimate of drug-likeness (QED) is 0.508. The van der Waals surface area contributed by atoms with Crippen LogP contribution in [-0.4, -0.2) is 24.2 Å². The van der Waals surface area contributed by atoms with Gasteiger partial charge in [0.1, 0.15) is 0 Å². The number of halogens is 8. The first-order valence-corrected chi connectivity index (χ1v) is 9.16. The molecular weight excluding hydrogens is 449 g/mol. The maximum Gasteiger partial charge on any atom is 0.433 e. The molecule has 0 saturated heterocycles. The standard InChI is InChI=1S/C13H6Cl2F6N2O3S/c1-27(25,26)11-22-8(13(19,20)21)4-9(24)23(11)10-6(14)2-5(3-7(10)15)12(16,17)18/h2-4H,1H3. The Kier molecular flexibility index (Phi) is 5.32. The van der Waals surface area contributed by atoms with E-state index in [1.165, 1.54) is 0 Å². The van der Waals surface area contributed by atoms with Crippen molar-refractivity contribution in [3.05, 3.63) is 49.9 Å². The largest absolute Gasteiger partial charge is 0.433 e. The molecule has 5 nitrogen and oxygen atoms in total. The van der Waals surface area contributed by atoms with Gasteiger partial charge < -0.3 is 0 Å². The minimum atomic E-state index is -5.15. The number of rotatable bonds is 2. The summed E-state index contributed by atoms with van der Waals surface area (Å²) in [6.45, 7) is 0. The average molecular weight is 455 g/mol. The van der Waals surface area contributed by atoms with Crippen molar-refractivity contribution in [2.45, 2.75) is 17.5 Å². The zero-order valence-corrected chi connectivity index (χ0v) is 15.1. The third-order valence-electron chi connectivity index (χ3n) is 3.08. The first kappa shape index (κ1) is 21.5. The van der Waals surface area contributed by atoms with Gasteiger partial charge in [0.25, 0.3) is 5.56 Å². The Balaban J connectivity index is 2.94. The summed E-state index contributed by atoms with van der Waals surface area (Å²) in [5.74, 6) is 0. The first-order chi connectivity index (χ1) is 12.0. The number of nitrogens with zero attached hydrogens (tertiary/aromatic N) is 2. The second kappa shape index (κ2) is 6.67. The van der Waals surface area contributed by atoms with E-state index in [2.05, 4.69) is 4.98 Å². The molecule has 0 unspecified atom stereocenters. The number of alkyl halides is 6. The molecule has 0 amide bonds. The lowest BCUT2D eigenvalue weighted by atomic mass is 10.2. The number of aromatic nitrogens is 2. The van der Waals surface area contributed by atoms with Crippen molar-refractivity contribution >= 4 is 33.0 Å². The predicted molar refractivity (Wildman–Crippen MR) is 83.0 cm³/mol. The fraction of sp³-hybridized carbons (Fsp3) is 0.231. The number of benzene rings is 1. The second-order valence-electron chi connectivity index (χ2n) is 5.15. The lowest BCUT2D eigenvalue weighted by molar-refractivity contribution is -0.142. The van der Waals surface area contributed by atoms with Crippen molar-refractivity contribution in [1.29, 1.82) is 0 Å². The summed E-state index contributed by atoms with van der Waals surface area (Å²) in [6, 6.07) is 0.664. The van der Waals surface area contributed by atoms with Crippen LogP contribution in [0.4, 0.5) is 26.3 Å². The summed E-state index contributed by atoms with van der Waals surface area (Å²) in [5, 5.41) is -3.02. The molecule has 0 fully saturated rings. The van der Waals surface area contributed by atoms with E-state index in [1.807, 2.05) is 0 Å². The van der Waals surface area contributed by atoms with Crippen LogP contribution >= 0.6 is 23.2 Å². The van der Waals surface area contributed by atoms with Crippen LogP contribution in [0.3, 0.4) is 0 Å². The monoisotopic (exact) mass is 454 g/mol. The van der Waals surface area contributed by atoms with Crippen molar-refractivity contribution in [2.75, 3.05) is 6.26 Å². The van der Waals surface area contributed by atoms with Gasteiger partial charge in [0.15, 0.2) is 5.69 Å². The Bertz CT molecular complexity index is 1050. The molecule has 0 spiro atoms. The minimum absolute atomic E-state index is 0.0288. The SMILES string of the molecule is CS(=O)(=O)c1nc(C(F)(F)F)cc(=O)n1-c1c(Cl)cc(C(F)(F)F)cc1Cl. The molecule has 0 radical (unpaired) electrons. The molecular formula is C13H6Cl2F6N2O3S. The van der Waals surface area contributed by atoms with Gasteiger partial charge in [-0.3, -0.25) is 4.79 Å². The summed E-state index contributed by atoms with van der Waals surface area (Å²) < 4.78 is 101. The van der Waals surface area contributed by atoms with Gasteiger partial charge >= 0.3 is 12.4 Å². The van der Waals surface area contributed by atoms with Crippen molar-refractivity contribution in [3.8, 4) is 5.69 Å². The molecule has 0 N–H and O–H groups in total. The fourth-order valence-electron chi connectivity index (χ4n) is 2.00. The molecule has 14 heteroatoms. The molecule has 0 aliphatic rings. The smallest absolute Gasteiger partial charge is 0.269 e. The molecule has 0 aliphatic carbocycles. The lowest BCUT2D eigenvalue weighted by Crippen LogP contribution is -2.29. The molecule has 0 atom stereocenters. The summed E-state index contributed by atoms with van der Waals surface area (Å²) in [4.78, 5) is 15.1. The van der Waals surface area contributed by atoms with Gasteiger partial charge in [0.05, 0.1) is 21.3 Å². The van der Waals surface area contributed by atoms with E-state index in [0.717, 1.165) is 0 Å². The van der Waals surface area contributed by atoms with Gasteiger partial charge in [-0.1, -0.05) is 23.2 Å². The molecule has 1 aromatic heterocycles. The van der Waals surface area contributed by atoms with Crippen LogP contribution in [0.1, 0.15) is 11.3 Å². The van der Waals surface area contributed by atoms with Gasteiger partial charge in [0.2, 0.25) is 15.0 Å². The lowest BCUT2D eigenvalue weighted by Gasteiger charge is -2.17.